The van der Waals surface area contributed by atoms with Crippen LogP contribution >= 0.6 is 11.8 Å². The van der Waals surface area contributed by atoms with Crippen molar-refractivity contribution in [3.63, 3.8) is 0 Å². The lowest BCUT2D eigenvalue weighted by Crippen LogP contribution is -2.26. The van der Waals surface area contributed by atoms with Gasteiger partial charge in [-0.25, -0.2) is 0 Å². The number of hydrogen-bond acceptors (Lipinski definition) is 4. The zero-order chi connectivity index (χ0) is 18.8. The summed E-state index contributed by atoms with van der Waals surface area (Å²) in [7, 11) is 0. The fraction of sp³-hybridized carbons (Fsp3) is 0.550. The van der Waals surface area contributed by atoms with Crippen molar-refractivity contribution in [3.05, 3.63) is 29.8 Å². The molecule has 0 unspecified atom stereocenters. The molecule has 0 saturated heterocycles. The zero-order valence-electron chi connectivity index (χ0n) is 16.1. The van der Waals surface area contributed by atoms with Crippen molar-refractivity contribution in [3.8, 4) is 11.4 Å². The Hall–Kier alpha value is -1.82. The molecule has 1 N–H and O–H groups in total. The second-order valence-corrected chi connectivity index (χ2v) is 7.47. The number of aryl methyl sites for hydroxylation is 1. The first kappa shape index (κ1) is 20.5. The van der Waals surface area contributed by atoms with Gasteiger partial charge in [-0.2, -0.15) is 0 Å². The van der Waals surface area contributed by atoms with Gasteiger partial charge in [-0.3, -0.25) is 4.79 Å². The Bertz CT molecular complexity index is 699. The SMILES string of the molecule is CCCCCCNC(=O)CSc1nnc(-c2cccc(C)c2)n1CCC. The fourth-order valence-electron chi connectivity index (χ4n) is 2.78. The van der Waals surface area contributed by atoms with Gasteiger partial charge in [0.25, 0.3) is 0 Å². The van der Waals surface area contributed by atoms with Crippen LogP contribution in [0.15, 0.2) is 29.4 Å². The standard InChI is InChI=1S/C20H30N4OS/c1-4-6-7-8-12-21-18(25)15-26-20-23-22-19(24(20)13-5-2)17-11-9-10-16(3)14-17/h9-11,14H,4-8,12-13,15H2,1-3H3,(H,21,25). The molecule has 5 nitrogen and oxygen atoms in total. The lowest BCUT2D eigenvalue weighted by Gasteiger charge is -2.09. The van der Waals surface area contributed by atoms with Gasteiger partial charge in [-0.15, -0.1) is 10.2 Å². The Morgan fingerprint density at radius 1 is 1.15 bits per heavy atom. The largest absolute Gasteiger partial charge is 0.355 e. The van der Waals surface area contributed by atoms with E-state index in [9.17, 15) is 4.79 Å². The minimum absolute atomic E-state index is 0.0645. The van der Waals surface area contributed by atoms with Gasteiger partial charge in [0, 0.05) is 18.7 Å². The van der Waals surface area contributed by atoms with E-state index in [2.05, 4.69) is 59.1 Å². The second kappa shape index (κ2) is 11.0. The third-order valence-electron chi connectivity index (χ3n) is 4.13. The van der Waals surface area contributed by atoms with Gasteiger partial charge in [0.2, 0.25) is 5.91 Å². The molecule has 2 rings (SSSR count). The van der Waals surface area contributed by atoms with Crippen LogP contribution in [0, 0.1) is 6.92 Å². The molecule has 1 amide bonds. The molecular weight excluding hydrogens is 344 g/mol. The van der Waals surface area contributed by atoms with E-state index in [1.54, 1.807) is 0 Å². The van der Waals surface area contributed by atoms with Crippen LogP contribution in [0.2, 0.25) is 0 Å². The van der Waals surface area contributed by atoms with Crippen LogP contribution in [0.1, 0.15) is 51.5 Å². The van der Waals surface area contributed by atoms with E-state index in [0.717, 1.165) is 42.5 Å². The number of unbranched alkanes of at least 4 members (excludes halogenated alkanes) is 3. The normalized spacial score (nSPS) is 10.9. The predicted octanol–water partition coefficient (Wildman–Crippen LogP) is 4.45. The molecule has 0 saturated carbocycles. The highest BCUT2D eigenvalue weighted by Crippen LogP contribution is 2.24. The highest BCUT2D eigenvalue weighted by molar-refractivity contribution is 7.99. The number of carbonyl (C=O) groups is 1. The average molecular weight is 375 g/mol. The van der Waals surface area contributed by atoms with Gasteiger partial charge >= 0.3 is 0 Å². The van der Waals surface area contributed by atoms with E-state index in [1.807, 2.05) is 6.07 Å². The minimum atomic E-state index is 0.0645. The molecule has 1 aromatic heterocycles. The van der Waals surface area contributed by atoms with Crippen molar-refractivity contribution in [2.24, 2.45) is 0 Å². The lowest BCUT2D eigenvalue weighted by atomic mass is 10.1. The topological polar surface area (TPSA) is 59.8 Å². The van der Waals surface area contributed by atoms with Crippen LogP contribution < -0.4 is 5.32 Å². The number of aromatic nitrogens is 3. The number of benzene rings is 1. The van der Waals surface area contributed by atoms with E-state index in [0.29, 0.717) is 5.75 Å². The Morgan fingerprint density at radius 2 is 2.00 bits per heavy atom. The maximum absolute atomic E-state index is 12.1. The van der Waals surface area contributed by atoms with Crippen molar-refractivity contribution >= 4 is 17.7 Å². The van der Waals surface area contributed by atoms with Gasteiger partial charge in [0.15, 0.2) is 11.0 Å². The summed E-state index contributed by atoms with van der Waals surface area (Å²) in [5.74, 6) is 1.32. The molecule has 26 heavy (non-hydrogen) atoms. The molecule has 0 spiro atoms. The summed E-state index contributed by atoms with van der Waals surface area (Å²) >= 11 is 1.46. The Morgan fingerprint density at radius 3 is 2.73 bits per heavy atom. The molecule has 0 aliphatic carbocycles. The van der Waals surface area contributed by atoms with Gasteiger partial charge in [-0.05, 0) is 25.8 Å². The summed E-state index contributed by atoms with van der Waals surface area (Å²) in [6.07, 6.45) is 5.66. The minimum Gasteiger partial charge on any atom is -0.355 e. The number of hydrogen-bond donors (Lipinski definition) is 1. The molecule has 142 valence electrons. The number of amides is 1. The maximum atomic E-state index is 12.1. The summed E-state index contributed by atoms with van der Waals surface area (Å²) < 4.78 is 2.12. The predicted molar refractivity (Wildman–Crippen MR) is 108 cm³/mol. The van der Waals surface area contributed by atoms with Crippen LogP contribution in [-0.4, -0.2) is 33.0 Å². The lowest BCUT2D eigenvalue weighted by molar-refractivity contribution is -0.118. The monoisotopic (exact) mass is 374 g/mol. The van der Waals surface area contributed by atoms with Crippen LogP contribution in [0.4, 0.5) is 0 Å². The van der Waals surface area contributed by atoms with Crippen LogP contribution in [-0.2, 0) is 11.3 Å². The number of nitrogens with one attached hydrogen (secondary N) is 1. The van der Waals surface area contributed by atoms with Crippen molar-refractivity contribution in [2.75, 3.05) is 12.3 Å². The number of carbonyl (C=O) groups excluding carboxylic acids is 1. The summed E-state index contributed by atoms with van der Waals surface area (Å²) in [4.78, 5) is 12.1. The van der Waals surface area contributed by atoms with Crippen molar-refractivity contribution in [1.82, 2.24) is 20.1 Å². The molecule has 0 atom stereocenters. The van der Waals surface area contributed by atoms with E-state index in [1.165, 1.54) is 36.6 Å². The maximum Gasteiger partial charge on any atom is 0.230 e. The fourth-order valence-corrected chi connectivity index (χ4v) is 3.57. The van der Waals surface area contributed by atoms with Crippen molar-refractivity contribution < 1.29 is 4.79 Å². The van der Waals surface area contributed by atoms with Gasteiger partial charge < -0.3 is 9.88 Å². The highest BCUT2D eigenvalue weighted by Gasteiger charge is 2.15. The molecule has 1 heterocycles. The third kappa shape index (κ3) is 6.16. The number of rotatable bonds is 11. The second-order valence-electron chi connectivity index (χ2n) is 6.53. The number of nitrogens with zero attached hydrogens (tertiary/aromatic N) is 3. The van der Waals surface area contributed by atoms with Crippen LogP contribution in [0.25, 0.3) is 11.4 Å². The molecule has 0 fully saturated rings. The molecule has 6 heteroatoms. The molecule has 0 radical (unpaired) electrons. The van der Waals surface area contributed by atoms with Crippen LogP contribution in [0.3, 0.4) is 0 Å². The summed E-state index contributed by atoms with van der Waals surface area (Å²) in [5, 5.41) is 12.5. The first-order valence-electron chi connectivity index (χ1n) is 9.55. The third-order valence-corrected chi connectivity index (χ3v) is 5.09. The van der Waals surface area contributed by atoms with Gasteiger partial charge in [0.1, 0.15) is 0 Å². The van der Waals surface area contributed by atoms with Gasteiger partial charge in [0.05, 0.1) is 5.75 Å². The molecule has 2 aromatic rings. The highest BCUT2D eigenvalue weighted by atomic mass is 32.2. The first-order valence-corrected chi connectivity index (χ1v) is 10.5. The Labute approximate surface area is 161 Å². The van der Waals surface area contributed by atoms with E-state index in [4.69, 9.17) is 0 Å². The number of thioether (sulfide) groups is 1. The smallest absolute Gasteiger partial charge is 0.230 e. The molecule has 1 aromatic carbocycles. The molecule has 0 aliphatic rings. The Kier molecular flexibility index (Phi) is 8.68. The summed E-state index contributed by atoms with van der Waals surface area (Å²) in [6.45, 7) is 8.00. The summed E-state index contributed by atoms with van der Waals surface area (Å²) in [5.41, 5.74) is 2.27. The van der Waals surface area contributed by atoms with E-state index >= 15 is 0 Å². The van der Waals surface area contributed by atoms with Crippen molar-refractivity contribution in [2.45, 2.75) is 64.6 Å². The molecular formula is C20H30N4OS. The molecule has 0 aliphatic heterocycles. The molecule has 0 bridgehead atoms. The quantitative estimate of drug-likeness (QED) is 0.466. The first-order chi connectivity index (χ1) is 12.7. The van der Waals surface area contributed by atoms with E-state index < -0.39 is 0 Å². The van der Waals surface area contributed by atoms with E-state index in [-0.39, 0.29) is 5.91 Å². The average Bonchev–Trinajstić information content (AvgIpc) is 3.03. The zero-order valence-corrected chi connectivity index (χ0v) is 16.9. The van der Waals surface area contributed by atoms with Crippen molar-refractivity contribution in [1.29, 1.82) is 0 Å². The van der Waals surface area contributed by atoms with Gasteiger partial charge in [-0.1, -0.05) is 68.6 Å². The summed E-state index contributed by atoms with van der Waals surface area (Å²) in [6, 6.07) is 8.28. The Balaban J connectivity index is 1.96. The van der Waals surface area contributed by atoms with Crippen LogP contribution in [0.5, 0.6) is 0 Å².